The molecule has 0 aliphatic rings. The van der Waals surface area contributed by atoms with Gasteiger partial charge in [-0.1, -0.05) is 11.6 Å². The largest absolute Gasteiger partial charge is 0.394 e. The second kappa shape index (κ2) is 4.18. The summed E-state index contributed by atoms with van der Waals surface area (Å²) in [7, 11) is 0. The minimum Gasteiger partial charge on any atom is -0.394 e. The molecule has 3 N–H and O–H groups in total. The lowest BCUT2D eigenvalue weighted by molar-refractivity contribution is 0.267. The molecule has 0 aliphatic heterocycles. The van der Waals surface area contributed by atoms with Crippen LogP contribution in [0.25, 0.3) is 0 Å². The lowest BCUT2D eigenvalue weighted by Gasteiger charge is -2.10. The highest BCUT2D eigenvalue weighted by molar-refractivity contribution is 9.10. The van der Waals surface area contributed by atoms with Crippen LogP contribution in [0.3, 0.4) is 0 Å². The average molecular weight is 252 g/mol. The second-order valence-electron chi connectivity index (χ2n) is 2.32. The predicted molar refractivity (Wildman–Crippen MR) is 51.0 cm³/mol. The van der Waals surface area contributed by atoms with Crippen LogP contribution in [0.15, 0.2) is 16.7 Å². The third-order valence-corrected chi connectivity index (χ3v) is 2.32. The number of aliphatic hydroxyl groups excluding tert-OH is 1. The molecule has 1 rings (SSSR count). The monoisotopic (exact) mass is 250 g/mol. The van der Waals surface area contributed by atoms with Crippen LogP contribution < -0.4 is 5.73 Å². The van der Waals surface area contributed by atoms with E-state index in [1.165, 1.54) is 0 Å². The first-order valence-electron chi connectivity index (χ1n) is 3.32. The maximum atomic E-state index is 8.79. The molecule has 3 nitrogen and oxygen atoms in total. The SMILES string of the molecule is NC(CO)c1cc(Cl)ncc1Br. The number of aliphatic hydroxyl groups is 1. The Morgan fingerprint density at radius 3 is 3.00 bits per heavy atom. The van der Waals surface area contributed by atoms with E-state index in [9.17, 15) is 0 Å². The fourth-order valence-electron chi connectivity index (χ4n) is 0.810. The van der Waals surface area contributed by atoms with Gasteiger partial charge in [-0.25, -0.2) is 4.98 Å². The van der Waals surface area contributed by atoms with Gasteiger partial charge in [-0.3, -0.25) is 0 Å². The van der Waals surface area contributed by atoms with E-state index in [1.54, 1.807) is 12.3 Å². The topological polar surface area (TPSA) is 59.1 Å². The van der Waals surface area contributed by atoms with Crippen molar-refractivity contribution in [2.75, 3.05) is 6.61 Å². The van der Waals surface area contributed by atoms with E-state index in [-0.39, 0.29) is 6.61 Å². The Kier molecular flexibility index (Phi) is 3.46. The molecule has 12 heavy (non-hydrogen) atoms. The molecule has 5 heteroatoms. The number of hydrogen-bond acceptors (Lipinski definition) is 3. The molecule has 1 unspecified atom stereocenters. The highest BCUT2D eigenvalue weighted by atomic mass is 79.9. The van der Waals surface area contributed by atoms with Crippen molar-refractivity contribution in [1.29, 1.82) is 0 Å². The zero-order valence-electron chi connectivity index (χ0n) is 6.17. The fraction of sp³-hybridized carbons (Fsp3) is 0.286. The van der Waals surface area contributed by atoms with E-state index in [0.717, 1.165) is 10.0 Å². The molecule has 0 spiro atoms. The molecular weight excluding hydrogens is 243 g/mol. The molecule has 1 aromatic rings. The van der Waals surface area contributed by atoms with Gasteiger partial charge < -0.3 is 10.8 Å². The smallest absolute Gasteiger partial charge is 0.129 e. The Bertz CT molecular complexity index is 282. The van der Waals surface area contributed by atoms with Crippen molar-refractivity contribution >= 4 is 27.5 Å². The quantitative estimate of drug-likeness (QED) is 0.783. The Balaban J connectivity index is 3.04. The summed E-state index contributed by atoms with van der Waals surface area (Å²) < 4.78 is 0.758. The third-order valence-electron chi connectivity index (χ3n) is 1.45. The van der Waals surface area contributed by atoms with Crippen molar-refractivity contribution in [3.63, 3.8) is 0 Å². The molecule has 1 aromatic heterocycles. The standard InChI is InChI=1S/C7H8BrClN2O/c8-5-2-11-7(9)1-4(5)6(10)3-12/h1-2,6,12H,3,10H2. The van der Waals surface area contributed by atoms with Gasteiger partial charge in [0.15, 0.2) is 0 Å². The van der Waals surface area contributed by atoms with E-state index in [1.807, 2.05) is 0 Å². The Morgan fingerprint density at radius 2 is 2.42 bits per heavy atom. The summed E-state index contributed by atoms with van der Waals surface area (Å²) in [6, 6.07) is 1.21. The number of rotatable bonds is 2. The van der Waals surface area contributed by atoms with Crippen molar-refractivity contribution in [2.45, 2.75) is 6.04 Å². The molecule has 0 saturated carbocycles. The maximum Gasteiger partial charge on any atom is 0.129 e. The number of pyridine rings is 1. The lowest BCUT2D eigenvalue weighted by atomic mass is 10.1. The molecule has 1 atom stereocenters. The zero-order chi connectivity index (χ0) is 9.14. The van der Waals surface area contributed by atoms with Crippen molar-refractivity contribution < 1.29 is 5.11 Å². The zero-order valence-corrected chi connectivity index (χ0v) is 8.51. The van der Waals surface area contributed by atoms with Gasteiger partial charge >= 0.3 is 0 Å². The summed E-state index contributed by atoms with van der Waals surface area (Å²) >= 11 is 8.91. The van der Waals surface area contributed by atoms with Crippen LogP contribution in [0.5, 0.6) is 0 Å². The van der Waals surface area contributed by atoms with Gasteiger partial charge in [0, 0.05) is 10.7 Å². The van der Waals surface area contributed by atoms with Gasteiger partial charge in [-0.2, -0.15) is 0 Å². The third kappa shape index (κ3) is 2.17. The van der Waals surface area contributed by atoms with Crippen LogP contribution in [-0.2, 0) is 0 Å². The lowest BCUT2D eigenvalue weighted by Crippen LogP contribution is -2.15. The van der Waals surface area contributed by atoms with Crippen molar-refractivity contribution in [1.82, 2.24) is 4.98 Å². The van der Waals surface area contributed by atoms with Gasteiger partial charge in [-0.15, -0.1) is 0 Å². The second-order valence-corrected chi connectivity index (χ2v) is 3.56. The number of nitrogens with two attached hydrogens (primary N) is 1. The van der Waals surface area contributed by atoms with Crippen molar-refractivity contribution in [3.05, 3.63) is 27.5 Å². The van der Waals surface area contributed by atoms with E-state index in [4.69, 9.17) is 22.4 Å². The number of hydrogen-bond donors (Lipinski definition) is 2. The molecule has 0 fully saturated rings. The van der Waals surface area contributed by atoms with Crippen molar-refractivity contribution in [2.24, 2.45) is 5.73 Å². The van der Waals surface area contributed by atoms with Crippen LogP contribution in [0.4, 0.5) is 0 Å². The van der Waals surface area contributed by atoms with Gasteiger partial charge in [0.05, 0.1) is 12.6 Å². The summed E-state index contributed by atoms with van der Waals surface area (Å²) in [6.45, 7) is -0.112. The Labute approximate surface area is 83.7 Å². The summed E-state index contributed by atoms with van der Waals surface area (Å²) in [6.07, 6.45) is 1.56. The molecule has 66 valence electrons. The number of nitrogens with zero attached hydrogens (tertiary/aromatic N) is 1. The fourth-order valence-corrected chi connectivity index (χ4v) is 1.49. The molecule has 0 aliphatic carbocycles. The molecule has 0 aromatic carbocycles. The van der Waals surface area contributed by atoms with E-state index < -0.39 is 6.04 Å². The highest BCUT2D eigenvalue weighted by Crippen LogP contribution is 2.23. The van der Waals surface area contributed by atoms with Crippen LogP contribution >= 0.6 is 27.5 Å². The van der Waals surface area contributed by atoms with Crippen LogP contribution in [0.2, 0.25) is 5.15 Å². The summed E-state index contributed by atoms with van der Waals surface area (Å²) in [4.78, 5) is 3.84. The molecular formula is C7H8BrClN2O. The molecule has 0 bridgehead atoms. The average Bonchev–Trinajstić information content (AvgIpc) is 2.08. The van der Waals surface area contributed by atoms with E-state index >= 15 is 0 Å². The van der Waals surface area contributed by atoms with Gasteiger partial charge in [0.1, 0.15) is 5.15 Å². The first-order valence-corrected chi connectivity index (χ1v) is 4.49. The molecule has 0 amide bonds. The van der Waals surface area contributed by atoms with E-state index in [2.05, 4.69) is 20.9 Å². The highest BCUT2D eigenvalue weighted by Gasteiger charge is 2.09. The summed E-state index contributed by atoms with van der Waals surface area (Å²) in [5.41, 5.74) is 6.36. The first-order chi connectivity index (χ1) is 5.65. The van der Waals surface area contributed by atoms with Gasteiger partial charge in [0.2, 0.25) is 0 Å². The maximum absolute atomic E-state index is 8.79. The molecule has 1 heterocycles. The minimum absolute atomic E-state index is 0.112. The Morgan fingerprint density at radius 1 is 1.75 bits per heavy atom. The number of aromatic nitrogens is 1. The summed E-state index contributed by atoms with van der Waals surface area (Å²) in [5.74, 6) is 0. The van der Waals surface area contributed by atoms with Gasteiger partial charge in [0.25, 0.3) is 0 Å². The van der Waals surface area contributed by atoms with Gasteiger partial charge in [-0.05, 0) is 27.6 Å². The predicted octanol–water partition coefficient (Wildman–Crippen LogP) is 1.49. The van der Waals surface area contributed by atoms with Crippen LogP contribution in [-0.4, -0.2) is 16.7 Å². The first kappa shape index (κ1) is 9.92. The van der Waals surface area contributed by atoms with Crippen LogP contribution in [0, 0.1) is 0 Å². The normalized spacial score (nSPS) is 13.0. The minimum atomic E-state index is -0.417. The Hall–Kier alpha value is -0.160. The molecule has 0 radical (unpaired) electrons. The number of halogens is 2. The van der Waals surface area contributed by atoms with Crippen molar-refractivity contribution in [3.8, 4) is 0 Å². The summed E-state index contributed by atoms with van der Waals surface area (Å²) in [5, 5.41) is 9.17. The molecule has 0 saturated heterocycles. The van der Waals surface area contributed by atoms with E-state index in [0.29, 0.717) is 5.15 Å². The van der Waals surface area contributed by atoms with Crippen LogP contribution in [0.1, 0.15) is 11.6 Å².